The molecule has 0 heterocycles. The van der Waals surface area contributed by atoms with Crippen LogP contribution in [0.5, 0.6) is 0 Å². The minimum Gasteiger partial charge on any atom is -0.0776 e. The molecule has 0 amide bonds. The second kappa shape index (κ2) is 135. The van der Waals surface area contributed by atoms with Crippen molar-refractivity contribution < 1.29 is 37.1 Å². The Balaban J connectivity index is 0. The molecule has 78 valence electrons. The van der Waals surface area contributed by atoms with Crippen LogP contribution in [0.25, 0.3) is 0 Å². The quantitative estimate of drug-likeness (QED) is 0.559. The SMILES string of the molecule is C.C.C.C.C.C.C.C.[K].[K].[K].[K].[V].[V]. The Morgan fingerprint density at radius 2 is 0.214 bits per heavy atom. The molecular weight excluding hydrogens is 354 g/mol. The third-order valence-corrected chi connectivity index (χ3v) is 0. The molecule has 0 aromatic carbocycles. The van der Waals surface area contributed by atoms with Gasteiger partial charge < -0.3 is 0 Å². The third kappa shape index (κ3) is 116. The molecular formula is C8H32K4V2. The maximum absolute atomic E-state index is 0. The standard InChI is InChI=1S/8CH4.4K.2V/h8*1H4;;;;;;. The van der Waals surface area contributed by atoms with Crippen LogP contribution in [0.15, 0.2) is 0 Å². The molecule has 0 rings (SSSR count). The summed E-state index contributed by atoms with van der Waals surface area (Å²) in [4.78, 5) is 0. The van der Waals surface area contributed by atoms with E-state index >= 15 is 0 Å². The summed E-state index contributed by atoms with van der Waals surface area (Å²) in [5, 5.41) is 0. The van der Waals surface area contributed by atoms with Crippen LogP contribution >= 0.6 is 0 Å². The minimum atomic E-state index is 0. The molecule has 0 bridgehead atoms. The van der Waals surface area contributed by atoms with Crippen LogP contribution in [0.1, 0.15) is 59.4 Å². The van der Waals surface area contributed by atoms with Crippen molar-refractivity contribution >= 4 is 206 Å². The molecule has 0 fully saturated rings. The van der Waals surface area contributed by atoms with Gasteiger partial charge in [0.05, 0.1) is 0 Å². The van der Waals surface area contributed by atoms with Crippen LogP contribution in [-0.2, 0) is 37.1 Å². The molecule has 0 spiro atoms. The van der Waals surface area contributed by atoms with Gasteiger partial charge in [-0.25, -0.2) is 0 Å². The first kappa shape index (κ1) is 157. The van der Waals surface area contributed by atoms with Gasteiger partial charge in [-0.05, 0) is 0 Å². The van der Waals surface area contributed by atoms with Crippen LogP contribution in [0, 0.1) is 0 Å². The van der Waals surface area contributed by atoms with Gasteiger partial charge >= 0.3 is 0 Å². The number of rotatable bonds is 0. The van der Waals surface area contributed by atoms with Crippen molar-refractivity contribution in [3.05, 3.63) is 0 Å². The van der Waals surface area contributed by atoms with Gasteiger partial charge in [0.2, 0.25) is 0 Å². The first-order valence-corrected chi connectivity index (χ1v) is 0. The molecule has 14 heavy (non-hydrogen) atoms. The summed E-state index contributed by atoms with van der Waals surface area (Å²) in [5.74, 6) is 0. The van der Waals surface area contributed by atoms with Crippen LogP contribution < -0.4 is 0 Å². The molecule has 6 heteroatoms. The van der Waals surface area contributed by atoms with Crippen molar-refractivity contribution in [2.45, 2.75) is 59.4 Å². The van der Waals surface area contributed by atoms with Gasteiger partial charge in [0, 0.05) is 243 Å². The number of hydrogen-bond donors (Lipinski definition) is 0. The zero-order valence-electron chi connectivity index (χ0n) is 4.89. The topological polar surface area (TPSA) is 0 Å². The Labute approximate surface area is 292 Å². The summed E-state index contributed by atoms with van der Waals surface area (Å²) in [5.41, 5.74) is 0. The Bertz CT molecular complexity index is 19.3. The van der Waals surface area contributed by atoms with Crippen molar-refractivity contribution in [2.75, 3.05) is 0 Å². The molecule has 0 atom stereocenters. The van der Waals surface area contributed by atoms with E-state index in [1.54, 1.807) is 0 Å². The van der Waals surface area contributed by atoms with Crippen molar-refractivity contribution in [3.63, 3.8) is 0 Å². The second-order valence-electron chi connectivity index (χ2n) is 0. The van der Waals surface area contributed by atoms with Crippen molar-refractivity contribution in [3.8, 4) is 0 Å². The Morgan fingerprint density at radius 3 is 0.214 bits per heavy atom. The molecule has 6 radical (unpaired) electrons. The van der Waals surface area contributed by atoms with Crippen molar-refractivity contribution in [1.29, 1.82) is 0 Å². The maximum atomic E-state index is 0. The summed E-state index contributed by atoms with van der Waals surface area (Å²) < 4.78 is 0. The first-order chi connectivity index (χ1) is 0. The summed E-state index contributed by atoms with van der Waals surface area (Å²) >= 11 is 0. The average Bonchev–Trinajstić information content (AvgIpc) is 0. The molecule has 0 saturated carbocycles. The van der Waals surface area contributed by atoms with E-state index in [1.165, 1.54) is 0 Å². The van der Waals surface area contributed by atoms with Gasteiger partial charge in [0.15, 0.2) is 0 Å². The van der Waals surface area contributed by atoms with Gasteiger partial charge in [0.1, 0.15) is 0 Å². The fraction of sp³-hybridized carbons (Fsp3) is 1.00. The minimum absolute atomic E-state index is 0. The summed E-state index contributed by atoms with van der Waals surface area (Å²) in [6, 6.07) is 0. The predicted octanol–water partition coefficient (Wildman–Crippen LogP) is 3.56. The molecule has 0 aromatic heterocycles. The zero-order chi connectivity index (χ0) is 0. The summed E-state index contributed by atoms with van der Waals surface area (Å²) in [6.45, 7) is 0. The Morgan fingerprint density at radius 1 is 0.214 bits per heavy atom. The van der Waals surface area contributed by atoms with Gasteiger partial charge in [-0.3, -0.25) is 0 Å². The molecule has 0 aliphatic carbocycles. The van der Waals surface area contributed by atoms with Crippen LogP contribution in [0.3, 0.4) is 0 Å². The van der Waals surface area contributed by atoms with E-state index in [1.807, 2.05) is 0 Å². The van der Waals surface area contributed by atoms with Gasteiger partial charge in [-0.1, -0.05) is 59.4 Å². The largest absolute Gasteiger partial charge is 0.0776 e. The molecule has 0 N–H and O–H groups in total. The summed E-state index contributed by atoms with van der Waals surface area (Å²) in [6.07, 6.45) is 0. The zero-order valence-corrected chi connectivity index (χ0v) is 20.2. The number of hydrogen-bond acceptors (Lipinski definition) is 0. The van der Waals surface area contributed by atoms with E-state index in [0.717, 1.165) is 0 Å². The molecule has 0 nitrogen and oxygen atoms in total. The van der Waals surface area contributed by atoms with Gasteiger partial charge in [-0.15, -0.1) is 0 Å². The van der Waals surface area contributed by atoms with E-state index in [9.17, 15) is 0 Å². The Kier molecular flexibility index (Phi) is 1510. The van der Waals surface area contributed by atoms with E-state index in [4.69, 9.17) is 0 Å². The molecule has 0 unspecified atom stereocenters. The van der Waals surface area contributed by atoms with E-state index in [2.05, 4.69) is 0 Å². The third-order valence-electron chi connectivity index (χ3n) is 0. The van der Waals surface area contributed by atoms with Gasteiger partial charge in [-0.2, -0.15) is 0 Å². The monoisotopic (exact) mass is 386 g/mol. The smallest absolute Gasteiger partial charge is 0 e. The van der Waals surface area contributed by atoms with Crippen LogP contribution in [-0.4, -0.2) is 206 Å². The second-order valence-corrected chi connectivity index (χ2v) is 0. The molecule has 0 aromatic rings. The van der Waals surface area contributed by atoms with E-state index in [0.29, 0.717) is 0 Å². The van der Waals surface area contributed by atoms with E-state index < -0.39 is 0 Å². The fourth-order valence-electron chi connectivity index (χ4n) is 0. The fourth-order valence-corrected chi connectivity index (χ4v) is 0. The van der Waals surface area contributed by atoms with Crippen LogP contribution in [0.2, 0.25) is 0 Å². The van der Waals surface area contributed by atoms with Crippen molar-refractivity contribution in [1.82, 2.24) is 0 Å². The average molecular weight is 387 g/mol. The Hall–Kier alpha value is 7.71. The maximum Gasteiger partial charge on any atom is 0 e. The van der Waals surface area contributed by atoms with Crippen LogP contribution in [0.4, 0.5) is 0 Å². The first-order valence-electron chi connectivity index (χ1n) is 0. The molecule has 0 aliphatic rings. The normalized spacial score (nSPS) is 0. The summed E-state index contributed by atoms with van der Waals surface area (Å²) in [7, 11) is 0. The van der Waals surface area contributed by atoms with E-state index in [-0.39, 0.29) is 302 Å². The van der Waals surface area contributed by atoms with Gasteiger partial charge in [0.25, 0.3) is 0 Å². The molecule has 0 aliphatic heterocycles. The van der Waals surface area contributed by atoms with Crippen molar-refractivity contribution in [2.24, 2.45) is 0 Å². The molecule has 0 saturated heterocycles. The predicted molar refractivity (Wildman–Crippen MR) is 76.9 cm³/mol.